The normalized spacial score (nSPS) is 14.6. The Hall–Kier alpha value is -1.82. The van der Waals surface area contributed by atoms with E-state index in [1.807, 2.05) is 0 Å². The molecule has 0 atom stereocenters. The molecule has 2 rings (SSSR count). The van der Waals surface area contributed by atoms with Crippen LogP contribution in [0.4, 0.5) is 4.79 Å². The van der Waals surface area contributed by atoms with E-state index in [9.17, 15) is 9.59 Å². The van der Waals surface area contributed by atoms with Crippen LogP contribution in [0.3, 0.4) is 0 Å². The monoisotopic (exact) mass is 312 g/mol. The molecule has 21 heavy (non-hydrogen) atoms. The van der Waals surface area contributed by atoms with Crippen molar-refractivity contribution in [2.24, 2.45) is 0 Å². The lowest BCUT2D eigenvalue weighted by Crippen LogP contribution is -2.40. The van der Waals surface area contributed by atoms with Crippen molar-refractivity contribution in [1.82, 2.24) is 9.88 Å². The topological polar surface area (TPSA) is 79.7 Å². The Morgan fingerprint density at radius 2 is 2.10 bits per heavy atom. The zero-order chi connectivity index (χ0) is 15.8. The largest absolute Gasteiger partial charge is 0.478 e. The second kappa shape index (κ2) is 5.52. The van der Waals surface area contributed by atoms with Gasteiger partial charge in [0.2, 0.25) is 0 Å². The van der Waals surface area contributed by atoms with Gasteiger partial charge in [-0.1, -0.05) is 11.6 Å². The summed E-state index contributed by atoms with van der Waals surface area (Å²) in [6.07, 6.45) is 0.118. The molecule has 0 fully saturated rings. The van der Waals surface area contributed by atoms with Crippen LogP contribution < -0.4 is 0 Å². The summed E-state index contributed by atoms with van der Waals surface area (Å²) in [4.78, 5) is 28.7. The van der Waals surface area contributed by atoms with Gasteiger partial charge in [0, 0.05) is 6.54 Å². The van der Waals surface area contributed by atoms with Crippen LogP contribution in [0.1, 0.15) is 42.4 Å². The van der Waals surface area contributed by atoms with Crippen molar-refractivity contribution in [3.05, 3.63) is 28.0 Å². The molecule has 0 aromatic carbocycles. The minimum atomic E-state index is -1.11. The molecule has 1 aliphatic heterocycles. The molecule has 2 heterocycles. The molecule has 0 saturated carbocycles. The van der Waals surface area contributed by atoms with E-state index in [1.54, 1.807) is 20.8 Å². The number of hydrogen-bond donors (Lipinski definition) is 1. The van der Waals surface area contributed by atoms with Gasteiger partial charge in [-0.2, -0.15) is 0 Å². The summed E-state index contributed by atoms with van der Waals surface area (Å²) in [6.45, 7) is 6.14. The van der Waals surface area contributed by atoms with Gasteiger partial charge in [-0.25, -0.2) is 14.6 Å². The molecular weight excluding hydrogens is 296 g/mol. The third-order valence-corrected chi connectivity index (χ3v) is 3.31. The van der Waals surface area contributed by atoms with Crippen molar-refractivity contribution in [3.8, 4) is 0 Å². The Kier molecular flexibility index (Phi) is 4.09. The van der Waals surface area contributed by atoms with Gasteiger partial charge in [0.15, 0.2) is 0 Å². The molecule has 0 spiro atoms. The number of carboxylic acid groups (broad SMARTS) is 1. The number of ether oxygens (including phenoxy) is 1. The van der Waals surface area contributed by atoms with Crippen LogP contribution in [0.2, 0.25) is 5.15 Å². The van der Waals surface area contributed by atoms with E-state index in [-0.39, 0.29) is 17.3 Å². The number of nitrogens with zero attached hydrogens (tertiary/aromatic N) is 2. The first-order valence-electron chi connectivity index (χ1n) is 6.57. The maximum absolute atomic E-state index is 12.0. The van der Waals surface area contributed by atoms with Gasteiger partial charge in [0.25, 0.3) is 0 Å². The lowest BCUT2D eigenvalue weighted by Gasteiger charge is -2.30. The molecular formula is C14H17ClN2O4. The number of aromatic nitrogens is 1. The summed E-state index contributed by atoms with van der Waals surface area (Å²) >= 11 is 5.86. The Bertz CT molecular complexity index is 595. The van der Waals surface area contributed by atoms with Gasteiger partial charge < -0.3 is 14.7 Å². The predicted octanol–water partition coefficient (Wildman–Crippen LogP) is 2.73. The summed E-state index contributed by atoms with van der Waals surface area (Å²) < 4.78 is 5.32. The van der Waals surface area contributed by atoms with E-state index in [0.717, 1.165) is 5.56 Å². The highest BCUT2D eigenvalue weighted by Crippen LogP contribution is 2.24. The van der Waals surface area contributed by atoms with Gasteiger partial charge in [-0.3, -0.25) is 0 Å². The highest BCUT2D eigenvalue weighted by atomic mass is 35.5. The Morgan fingerprint density at radius 3 is 2.67 bits per heavy atom. The highest BCUT2D eigenvalue weighted by molar-refractivity contribution is 6.32. The number of amides is 1. The third kappa shape index (κ3) is 3.64. The summed E-state index contributed by atoms with van der Waals surface area (Å²) in [5.41, 5.74) is 0.843. The number of pyridine rings is 1. The maximum atomic E-state index is 12.0. The van der Waals surface area contributed by atoms with Crippen LogP contribution in [0, 0.1) is 0 Å². The Labute approximate surface area is 127 Å². The van der Waals surface area contributed by atoms with Gasteiger partial charge in [0.05, 0.1) is 17.8 Å². The van der Waals surface area contributed by atoms with E-state index in [4.69, 9.17) is 21.4 Å². The predicted molar refractivity (Wildman–Crippen MR) is 76.6 cm³/mol. The number of fused-ring (bicyclic) bond motifs is 1. The van der Waals surface area contributed by atoms with Crippen molar-refractivity contribution in [1.29, 1.82) is 0 Å². The number of carbonyl (C=O) groups excluding carboxylic acids is 1. The first-order valence-corrected chi connectivity index (χ1v) is 6.94. The quantitative estimate of drug-likeness (QED) is 0.806. The molecule has 6 nitrogen and oxygen atoms in total. The van der Waals surface area contributed by atoms with E-state index < -0.39 is 17.7 Å². The van der Waals surface area contributed by atoms with Crippen molar-refractivity contribution in [3.63, 3.8) is 0 Å². The first kappa shape index (κ1) is 15.6. The van der Waals surface area contributed by atoms with Crippen LogP contribution in [0.25, 0.3) is 0 Å². The minimum absolute atomic E-state index is 0.0128. The summed E-state index contributed by atoms with van der Waals surface area (Å²) in [5, 5.41) is 8.96. The fourth-order valence-electron chi connectivity index (χ4n) is 2.07. The molecule has 1 amide bonds. The second-order valence-corrected chi connectivity index (χ2v) is 6.25. The number of carbonyl (C=O) groups is 2. The number of halogens is 1. The standard InChI is InChI=1S/C14H17ClN2O4/c1-14(2,3)21-13(20)17-5-4-8-6-9(12(18)19)11(15)16-10(8)7-17/h6H,4-5,7H2,1-3H3,(H,18,19). The first-order chi connectivity index (χ1) is 9.67. The molecule has 0 radical (unpaired) electrons. The maximum Gasteiger partial charge on any atom is 0.410 e. The van der Waals surface area contributed by atoms with Crippen LogP contribution in [-0.2, 0) is 17.7 Å². The molecule has 114 valence electrons. The second-order valence-electron chi connectivity index (χ2n) is 5.89. The number of aromatic carboxylic acids is 1. The smallest absolute Gasteiger partial charge is 0.410 e. The fraction of sp³-hybridized carbons (Fsp3) is 0.500. The molecule has 1 N–H and O–H groups in total. The number of rotatable bonds is 1. The van der Waals surface area contributed by atoms with Gasteiger partial charge >= 0.3 is 12.1 Å². The van der Waals surface area contributed by atoms with Crippen molar-refractivity contribution < 1.29 is 19.4 Å². The molecule has 1 aromatic rings. The van der Waals surface area contributed by atoms with Crippen molar-refractivity contribution >= 4 is 23.7 Å². The molecule has 0 unspecified atom stereocenters. The summed E-state index contributed by atoms with van der Waals surface area (Å²) in [5.74, 6) is -1.11. The number of hydrogen-bond acceptors (Lipinski definition) is 4. The molecule has 0 bridgehead atoms. The number of carboxylic acids is 1. The van der Waals surface area contributed by atoms with Crippen LogP contribution >= 0.6 is 11.6 Å². The summed E-state index contributed by atoms with van der Waals surface area (Å²) in [7, 11) is 0. The third-order valence-electron chi connectivity index (χ3n) is 3.02. The van der Waals surface area contributed by atoms with E-state index in [0.29, 0.717) is 18.7 Å². The van der Waals surface area contributed by atoms with Crippen LogP contribution in [0.15, 0.2) is 6.07 Å². The fourth-order valence-corrected chi connectivity index (χ4v) is 2.31. The van der Waals surface area contributed by atoms with Crippen molar-refractivity contribution in [2.45, 2.75) is 39.3 Å². The molecule has 7 heteroatoms. The van der Waals surface area contributed by atoms with Crippen LogP contribution in [-0.4, -0.2) is 39.2 Å². The average Bonchev–Trinajstić information content (AvgIpc) is 2.34. The van der Waals surface area contributed by atoms with E-state index in [1.165, 1.54) is 11.0 Å². The van der Waals surface area contributed by atoms with Crippen LogP contribution in [0.5, 0.6) is 0 Å². The van der Waals surface area contributed by atoms with E-state index >= 15 is 0 Å². The lowest BCUT2D eigenvalue weighted by atomic mass is 10.0. The SMILES string of the molecule is CC(C)(C)OC(=O)N1CCc2cc(C(=O)O)c(Cl)nc2C1. The molecule has 0 aliphatic carbocycles. The van der Waals surface area contributed by atoms with E-state index in [2.05, 4.69) is 4.98 Å². The highest BCUT2D eigenvalue weighted by Gasteiger charge is 2.27. The van der Waals surface area contributed by atoms with Crippen molar-refractivity contribution in [2.75, 3.05) is 6.54 Å². The summed E-state index contributed by atoms with van der Waals surface area (Å²) in [6, 6.07) is 1.53. The lowest BCUT2D eigenvalue weighted by molar-refractivity contribution is 0.0220. The van der Waals surface area contributed by atoms with Gasteiger partial charge in [-0.15, -0.1) is 0 Å². The van der Waals surface area contributed by atoms with Gasteiger partial charge in [-0.05, 0) is 38.8 Å². The zero-order valence-corrected chi connectivity index (χ0v) is 12.9. The van der Waals surface area contributed by atoms with Gasteiger partial charge in [0.1, 0.15) is 10.8 Å². The molecule has 1 aliphatic rings. The Morgan fingerprint density at radius 1 is 1.43 bits per heavy atom. The minimum Gasteiger partial charge on any atom is -0.478 e. The average molecular weight is 313 g/mol. The molecule has 1 aromatic heterocycles. The zero-order valence-electron chi connectivity index (χ0n) is 12.1. The Balaban J connectivity index is 2.19. The molecule has 0 saturated heterocycles.